The number of rotatable bonds is 5. The van der Waals surface area contributed by atoms with Crippen LogP contribution in [0, 0.1) is 5.92 Å². The molecule has 0 aromatic carbocycles. The molecule has 0 amide bonds. The summed E-state index contributed by atoms with van der Waals surface area (Å²) < 4.78 is 0. The van der Waals surface area contributed by atoms with Crippen LogP contribution in [0.4, 0.5) is 0 Å². The zero-order valence-corrected chi connectivity index (χ0v) is 11.1. The quantitative estimate of drug-likeness (QED) is 0.727. The van der Waals surface area contributed by atoms with Crippen molar-refractivity contribution in [1.82, 2.24) is 0 Å². The van der Waals surface area contributed by atoms with Crippen LogP contribution in [0.25, 0.3) is 0 Å². The fourth-order valence-electron chi connectivity index (χ4n) is 0.370. The summed E-state index contributed by atoms with van der Waals surface area (Å²) in [6.45, 7) is 8.89. The van der Waals surface area contributed by atoms with Crippen molar-refractivity contribution >= 4 is 11.9 Å². The van der Waals surface area contributed by atoms with Crippen molar-refractivity contribution in [2.24, 2.45) is 16.1 Å². The van der Waals surface area contributed by atoms with Crippen molar-refractivity contribution in [3.8, 4) is 0 Å². The van der Waals surface area contributed by atoms with E-state index >= 15 is 0 Å². The molecule has 0 rings (SSSR count). The largest absolute Gasteiger partial charge is 0.481 e. The van der Waals surface area contributed by atoms with E-state index in [4.69, 9.17) is 10.2 Å². The van der Waals surface area contributed by atoms with Crippen molar-refractivity contribution in [3.63, 3.8) is 0 Å². The molecular formula is C11H22N2O4. The van der Waals surface area contributed by atoms with Gasteiger partial charge in [0.25, 0.3) is 0 Å². The molecule has 0 aliphatic heterocycles. The molecular weight excluding hydrogens is 224 g/mol. The molecule has 2 N–H and O–H groups in total. The van der Waals surface area contributed by atoms with Gasteiger partial charge in [-0.1, -0.05) is 20.8 Å². The van der Waals surface area contributed by atoms with E-state index in [0.717, 1.165) is 6.42 Å². The predicted octanol–water partition coefficient (Wildman–Crippen LogP) is 2.44. The summed E-state index contributed by atoms with van der Waals surface area (Å²) in [4.78, 5) is 20.2. The van der Waals surface area contributed by atoms with Crippen molar-refractivity contribution in [3.05, 3.63) is 0 Å². The molecule has 0 unspecified atom stereocenters. The van der Waals surface area contributed by atoms with Crippen molar-refractivity contribution in [2.75, 3.05) is 6.54 Å². The fraction of sp³-hybridized carbons (Fsp3) is 0.818. The van der Waals surface area contributed by atoms with E-state index in [2.05, 4.69) is 10.2 Å². The van der Waals surface area contributed by atoms with Crippen LogP contribution in [-0.4, -0.2) is 34.2 Å². The third kappa shape index (κ3) is 10.8. The highest BCUT2D eigenvalue weighted by atomic mass is 16.4. The lowest BCUT2D eigenvalue weighted by Gasteiger charge is -2.10. The molecule has 0 fully saturated rings. The standard InChI is InChI=1S/C7H14N2O2.C4H8O2/c1-4-5-8-9-7(2,3)6(10)11;1-3(2)4(5)6/h4-5H2,1-3H3,(H,10,11);3H,1-2H3,(H,5,6). The second-order valence-corrected chi connectivity index (χ2v) is 4.32. The van der Waals surface area contributed by atoms with Crippen LogP contribution in [0.1, 0.15) is 41.0 Å². The van der Waals surface area contributed by atoms with Gasteiger partial charge in [0.2, 0.25) is 0 Å². The summed E-state index contributed by atoms with van der Waals surface area (Å²) in [5.41, 5.74) is -1.07. The number of nitrogens with zero attached hydrogens (tertiary/aromatic N) is 2. The number of hydrogen-bond acceptors (Lipinski definition) is 4. The lowest BCUT2D eigenvalue weighted by atomic mass is 10.1. The van der Waals surface area contributed by atoms with Crippen LogP contribution in [-0.2, 0) is 9.59 Å². The Hall–Kier alpha value is -1.46. The molecule has 0 aromatic heterocycles. The maximum absolute atomic E-state index is 10.5. The Morgan fingerprint density at radius 3 is 1.88 bits per heavy atom. The first-order valence-corrected chi connectivity index (χ1v) is 5.50. The number of carboxylic acids is 2. The van der Waals surface area contributed by atoms with Gasteiger partial charge >= 0.3 is 11.9 Å². The van der Waals surface area contributed by atoms with Gasteiger partial charge in [0.15, 0.2) is 5.54 Å². The van der Waals surface area contributed by atoms with E-state index in [1.807, 2.05) is 6.92 Å². The van der Waals surface area contributed by atoms with Gasteiger partial charge in [-0.25, -0.2) is 4.79 Å². The molecule has 17 heavy (non-hydrogen) atoms. The average Bonchev–Trinajstić information content (AvgIpc) is 2.18. The lowest BCUT2D eigenvalue weighted by Crippen LogP contribution is -2.28. The van der Waals surface area contributed by atoms with Crippen molar-refractivity contribution in [1.29, 1.82) is 0 Å². The smallest absolute Gasteiger partial charge is 0.332 e. The topological polar surface area (TPSA) is 99.3 Å². The maximum atomic E-state index is 10.5. The Morgan fingerprint density at radius 2 is 1.65 bits per heavy atom. The van der Waals surface area contributed by atoms with Gasteiger partial charge in [0.1, 0.15) is 0 Å². The van der Waals surface area contributed by atoms with Crippen molar-refractivity contribution in [2.45, 2.75) is 46.6 Å². The second-order valence-electron chi connectivity index (χ2n) is 4.32. The van der Waals surface area contributed by atoms with E-state index in [1.54, 1.807) is 13.8 Å². The van der Waals surface area contributed by atoms with Gasteiger partial charge in [-0.05, 0) is 20.3 Å². The molecule has 0 heterocycles. The summed E-state index contributed by atoms with van der Waals surface area (Å²) in [5.74, 6) is -1.92. The molecule has 0 aliphatic carbocycles. The SMILES string of the molecule is CC(C)C(=O)O.CCCN=NC(C)(C)C(=O)O. The maximum Gasteiger partial charge on any atom is 0.332 e. The minimum Gasteiger partial charge on any atom is -0.481 e. The highest BCUT2D eigenvalue weighted by Gasteiger charge is 2.26. The van der Waals surface area contributed by atoms with E-state index in [1.165, 1.54) is 13.8 Å². The number of hydrogen-bond donors (Lipinski definition) is 2. The van der Waals surface area contributed by atoms with E-state index in [9.17, 15) is 9.59 Å². The molecule has 0 aliphatic rings. The van der Waals surface area contributed by atoms with E-state index in [0.29, 0.717) is 6.54 Å². The summed E-state index contributed by atoms with van der Waals surface area (Å²) in [7, 11) is 0. The van der Waals surface area contributed by atoms with Crippen LogP contribution in [0.15, 0.2) is 10.2 Å². The number of carbonyl (C=O) groups is 2. The molecule has 0 saturated heterocycles. The van der Waals surface area contributed by atoms with Gasteiger partial charge in [-0.15, -0.1) is 0 Å². The first kappa shape index (κ1) is 17.9. The minimum atomic E-state index is -1.07. The molecule has 0 bridgehead atoms. The number of aliphatic carboxylic acids is 2. The summed E-state index contributed by atoms with van der Waals surface area (Å²) >= 11 is 0. The van der Waals surface area contributed by atoms with Gasteiger partial charge in [0.05, 0.1) is 12.5 Å². The first-order chi connectivity index (χ1) is 7.65. The zero-order chi connectivity index (χ0) is 14.1. The van der Waals surface area contributed by atoms with Crippen LogP contribution in [0.2, 0.25) is 0 Å². The Bertz CT molecular complexity index is 273. The van der Waals surface area contributed by atoms with E-state index < -0.39 is 17.5 Å². The lowest BCUT2D eigenvalue weighted by molar-refractivity contribution is -0.142. The van der Waals surface area contributed by atoms with Gasteiger partial charge < -0.3 is 10.2 Å². The molecule has 6 heteroatoms. The molecule has 0 aromatic rings. The Kier molecular flexibility index (Phi) is 9.13. The molecule has 100 valence electrons. The number of carboxylic acid groups (broad SMARTS) is 2. The molecule has 0 spiro atoms. The Labute approximate surface area is 102 Å². The molecule has 0 atom stereocenters. The molecule has 6 nitrogen and oxygen atoms in total. The van der Waals surface area contributed by atoms with Crippen LogP contribution in [0.5, 0.6) is 0 Å². The predicted molar refractivity (Wildman–Crippen MR) is 64.2 cm³/mol. The summed E-state index contributed by atoms with van der Waals surface area (Å²) in [5, 5.41) is 24.0. The van der Waals surface area contributed by atoms with Crippen LogP contribution in [0.3, 0.4) is 0 Å². The highest BCUT2D eigenvalue weighted by molar-refractivity contribution is 5.77. The van der Waals surface area contributed by atoms with Crippen molar-refractivity contribution < 1.29 is 19.8 Å². The second kappa shape index (κ2) is 8.66. The number of azo groups is 1. The third-order valence-corrected chi connectivity index (χ3v) is 1.66. The zero-order valence-electron chi connectivity index (χ0n) is 11.1. The normalized spacial score (nSPS) is 11.2. The fourth-order valence-corrected chi connectivity index (χ4v) is 0.370. The van der Waals surface area contributed by atoms with Gasteiger partial charge in [-0.2, -0.15) is 10.2 Å². The summed E-state index contributed by atoms with van der Waals surface area (Å²) in [6.07, 6.45) is 0.888. The van der Waals surface area contributed by atoms with Gasteiger partial charge in [-0.3, -0.25) is 4.79 Å². The third-order valence-electron chi connectivity index (χ3n) is 1.66. The molecule has 0 radical (unpaired) electrons. The first-order valence-electron chi connectivity index (χ1n) is 5.50. The minimum absolute atomic E-state index is 0.231. The van der Waals surface area contributed by atoms with Gasteiger partial charge in [0, 0.05) is 0 Å². The summed E-state index contributed by atoms with van der Waals surface area (Å²) in [6, 6.07) is 0. The monoisotopic (exact) mass is 246 g/mol. The Morgan fingerprint density at radius 1 is 1.24 bits per heavy atom. The highest BCUT2D eigenvalue weighted by Crippen LogP contribution is 2.08. The van der Waals surface area contributed by atoms with Crippen LogP contribution < -0.4 is 0 Å². The Balaban J connectivity index is 0. The van der Waals surface area contributed by atoms with Crippen LogP contribution >= 0.6 is 0 Å². The van der Waals surface area contributed by atoms with E-state index in [-0.39, 0.29) is 5.92 Å². The molecule has 0 saturated carbocycles. The average molecular weight is 246 g/mol.